The van der Waals surface area contributed by atoms with Crippen LogP contribution >= 0.6 is 0 Å². The molecule has 2 aliphatic heterocycles. The maximum atomic E-state index is 5.47. The molecule has 1 atom stereocenters. The van der Waals surface area contributed by atoms with Crippen molar-refractivity contribution < 1.29 is 4.74 Å². The Morgan fingerprint density at radius 1 is 0.944 bits per heavy atom. The van der Waals surface area contributed by atoms with Gasteiger partial charge >= 0.3 is 0 Å². The molecule has 2 aliphatic rings. The maximum Gasteiger partial charge on any atom is 0.0468 e. The monoisotopic (exact) mass is 253 g/mol. The number of likely N-dealkylation sites (tertiary alicyclic amines) is 1. The first-order valence-electron chi connectivity index (χ1n) is 7.97. The summed E-state index contributed by atoms with van der Waals surface area (Å²) in [5.41, 5.74) is 0. The Balaban J connectivity index is 1.70. The summed E-state index contributed by atoms with van der Waals surface area (Å²) in [6, 6.07) is 0. The number of hydrogen-bond acceptors (Lipinski definition) is 2. The van der Waals surface area contributed by atoms with E-state index < -0.39 is 0 Å². The summed E-state index contributed by atoms with van der Waals surface area (Å²) >= 11 is 0. The molecule has 18 heavy (non-hydrogen) atoms. The summed E-state index contributed by atoms with van der Waals surface area (Å²) in [5.74, 6) is 3.60. The van der Waals surface area contributed by atoms with Crippen molar-refractivity contribution in [2.24, 2.45) is 23.7 Å². The van der Waals surface area contributed by atoms with Gasteiger partial charge in [-0.2, -0.15) is 0 Å². The highest BCUT2D eigenvalue weighted by atomic mass is 16.5. The zero-order valence-electron chi connectivity index (χ0n) is 12.5. The van der Waals surface area contributed by atoms with E-state index in [4.69, 9.17) is 4.74 Å². The molecule has 2 nitrogen and oxygen atoms in total. The summed E-state index contributed by atoms with van der Waals surface area (Å²) in [5, 5.41) is 0. The van der Waals surface area contributed by atoms with E-state index in [1.54, 1.807) is 0 Å². The van der Waals surface area contributed by atoms with E-state index in [-0.39, 0.29) is 0 Å². The number of rotatable bonds is 4. The van der Waals surface area contributed by atoms with Crippen LogP contribution in [0.1, 0.15) is 46.5 Å². The first kappa shape index (κ1) is 14.3. The van der Waals surface area contributed by atoms with E-state index in [0.717, 1.165) is 36.9 Å². The summed E-state index contributed by atoms with van der Waals surface area (Å²) in [4.78, 5) is 2.71. The molecule has 2 heterocycles. The molecule has 0 aromatic rings. The predicted molar refractivity (Wildman–Crippen MR) is 76.7 cm³/mol. The molecule has 0 radical (unpaired) electrons. The van der Waals surface area contributed by atoms with Gasteiger partial charge in [0.2, 0.25) is 0 Å². The number of ether oxygens (including phenoxy) is 1. The van der Waals surface area contributed by atoms with Gasteiger partial charge in [-0.1, -0.05) is 20.8 Å². The maximum absolute atomic E-state index is 5.47. The third-order valence-corrected chi connectivity index (χ3v) is 5.19. The van der Waals surface area contributed by atoms with Gasteiger partial charge in [0.05, 0.1) is 0 Å². The van der Waals surface area contributed by atoms with Gasteiger partial charge in [0, 0.05) is 19.8 Å². The van der Waals surface area contributed by atoms with Crippen LogP contribution in [-0.4, -0.2) is 37.7 Å². The molecular formula is C16H31NO. The van der Waals surface area contributed by atoms with Gasteiger partial charge in [-0.3, -0.25) is 0 Å². The lowest BCUT2D eigenvalue weighted by Crippen LogP contribution is -2.39. The number of nitrogens with zero attached hydrogens (tertiary/aromatic N) is 1. The number of piperidine rings is 1. The van der Waals surface area contributed by atoms with Crippen molar-refractivity contribution >= 4 is 0 Å². The molecule has 2 saturated heterocycles. The standard InChI is InChI=1S/C16H31NO/c1-13(2)15-4-8-17(9-5-15)12-14(3)16-6-10-18-11-7-16/h13-16H,4-12H2,1-3H3. The first-order valence-corrected chi connectivity index (χ1v) is 7.97. The van der Waals surface area contributed by atoms with Crippen LogP contribution in [0.3, 0.4) is 0 Å². The Labute approximate surface area is 113 Å². The average Bonchev–Trinajstić information content (AvgIpc) is 2.40. The molecule has 0 bridgehead atoms. The minimum absolute atomic E-state index is 0.851. The highest BCUT2D eigenvalue weighted by Gasteiger charge is 2.26. The Hall–Kier alpha value is -0.0800. The lowest BCUT2D eigenvalue weighted by atomic mass is 9.84. The predicted octanol–water partition coefficient (Wildman–Crippen LogP) is 3.42. The van der Waals surface area contributed by atoms with Gasteiger partial charge in [-0.05, 0) is 62.4 Å². The fraction of sp³-hybridized carbons (Fsp3) is 1.00. The summed E-state index contributed by atoms with van der Waals surface area (Å²) < 4.78 is 5.47. The molecule has 0 aliphatic carbocycles. The van der Waals surface area contributed by atoms with E-state index in [9.17, 15) is 0 Å². The summed E-state index contributed by atoms with van der Waals surface area (Å²) in [6.45, 7) is 13.2. The summed E-state index contributed by atoms with van der Waals surface area (Å²) in [7, 11) is 0. The Morgan fingerprint density at radius 2 is 1.56 bits per heavy atom. The Morgan fingerprint density at radius 3 is 2.11 bits per heavy atom. The van der Waals surface area contributed by atoms with E-state index >= 15 is 0 Å². The van der Waals surface area contributed by atoms with Crippen molar-refractivity contribution in [3.05, 3.63) is 0 Å². The fourth-order valence-corrected chi connectivity index (χ4v) is 3.64. The molecule has 0 amide bonds. The van der Waals surface area contributed by atoms with Crippen LogP contribution < -0.4 is 0 Å². The molecule has 2 heteroatoms. The smallest absolute Gasteiger partial charge is 0.0468 e. The highest BCUT2D eigenvalue weighted by molar-refractivity contribution is 4.78. The molecule has 0 aromatic heterocycles. The minimum atomic E-state index is 0.851. The lowest BCUT2D eigenvalue weighted by molar-refractivity contribution is 0.0376. The van der Waals surface area contributed by atoms with Crippen LogP contribution in [0.2, 0.25) is 0 Å². The van der Waals surface area contributed by atoms with Crippen molar-refractivity contribution in [1.82, 2.24) is 4.90 Å². The average molecular weight is 253 g/mol. The molecule has 0 N–H and O–H groups in total. The molecule has 0 aromatic carbocycles. The zero-order chi connectivity index (χ0) is 13.0. The Kier molecular flexibility index (Phi) is 5.50. The van der Waals surface area contributed by atoms with E-state index in [1.807, 2.05) is 0 Å². The summed E-state index contributed by atoms with van der Waals surface area (Å²) in [6.07, 6.45) is 5.39. The molecule has 2 rings (SSSR count). The van der Waals surface area contributed by atoms with Gasteiger partial charge in [0.25, 0.3) is 0 Å². The normalized spacial score (nSPS) is 26.7. The largest absolute Gasteiger partial charge is 0.381 e. The van der Waals surface area contributed by atoms with Crippen LogP contribution in [0.15, 0.2) is 0 Å². The molecule has 0 saturated carbocycles. The van der Waals surface area contributed by atoms with Crippen molar-refractivity contribution in [3.8, 4) is 0 Å². The molecule has 0 spiro atoms. The molecule has 106 valence electrons. The minimum Gasteiger partial charge on any atom is -0.381 e. The third-order valence-electron chi connectivity index (χ3n) is 5.19. The number of hydrogen-bond donors (Lipinski definition) is 0. The third kappa shape index (κ3) is 3.96. The second-order valence-electron chi connectivity index (χ2n) is 6.81. The second kappa shape index (κ2) is 6.91. The van der Waals surface area contributed by atoms with E-state index in [2.05, 4.69) is 25.7 Å². The van der Waals surface area contributed by atoms with Crippen LogP contribution in [0, 0.1) is 23.7 Å². The lowest BCUT2D eigenvalue weighted by Gasteiger charge is -2.37. The first-order chi connectivity index (χ1) is 8.66. The van der Waals surface area contributed by atoms with Crippen LogP contribution in [0.4, 0.5) is 0 Å². The van der Waals surface area contributed by atoms with Gasteiger partial charge in [0.1, 0.15) is 0 Å². The highest BCUT2D eigenvalue weighted by Crippen LogP contribution is 2.28. The van der Waals surface area contributed by atoms with E-state index in [1.165, 1.54) is 45.3 Å². The van der Waals surface area contributed by atoms with Gasteiger partial charge < -0.3 is 9.64 Å². The molecule has 2 fully saturated rings. The van der Waals surface area contributed by atoms with Crippen molar-refractivity contribution in [3.63, 3.8) is 0 Å². The van der Waals surface area contributed by atoms with Crippen LogP contribution in [0.5, 0.6) is 0 Å². The molecule has 1 unspecified atom stereocenters. The van der Waals surface area contributed by atoms with Gasteiger partial charge in [0.15, 0.2) is 0 Å². The fourth-order valence-electron chi connectivity index (χ4n) is 3.64. The Bertz CT molecular complexity index is 227. The van der Waals surface area contributed by atoms with Crippen LogP contribution in [0.25, 0.3) is 0 Å². The topological polar surface area (TPSA) is 12.5 Å². The van der Waals surface area contributed by atoms with Crippen molar-refractivity contribution in [2.75, 3.05) is 32.8 Å². The zero-order valence-corrected chi connectivity index (χ0v) is 12.5. The van der Waals surface area contributed by atoms with Crippen LogP contribution in [-0.2, 0) is 4.74 Å². The quantitative estimate of drug-likeness (QED) is 0.761. The second-order valence-corrected chi connectivity index (χ2v) is 6.81. The van der Waals surface area contributed by atoms with Crippen molar-refractivity contribution in [2.45, 2.75) is 46.5 Å². The van der Waals surface area contributed by atoms with Gasteiger partial charge in [-0.25, -0.2) is 0 Å². The van der Waals surface area contributed by atoms with Gasteiger partial charge in [-0.15, -0.1) is 0 Å². The van der Waals surface area contributed by atoms with Crippen molar-refractivity contribution in [1.29, 1.82) is 0 Å². The molecular weight excluding hydrogens is 222 g/mol. The van der Waals surface area contributed by atoms with E-state index in [0.29, 0.717) is 0 Å². The SMILES string of the molecule is CC(C)C1CCN(CC(C)C2CCOCC2)CC1.